The van der Waals surface area contributed by atoms with Gasteiger partial charge in [0, 0.05) is 6.04 Å². The first-order valence-electron chi connectivity index (χ1n) is 4.54. The van der Waals surface area contributed by atoms with E-state index in [4.69, 9.17) is 12.2 Å². The van der Waals surface area contributed by atoms with Crippen LogP contribution in [0.2, 0.25) is 0 Å². The molecule has 0 aromatic rings. The van der Waals surface area contributed by atoms with Crippen LogP contribution in [0.5, 0.6) is 0 Å². The van der Waals surface area contributed by atoms with E-state index in [0.717, 1.165) is 0 Å². The molecule has 0 fully saturated rings. The molecule has 1 nitrogen and oxygen atoms in total. The van der Waals surface area contributed by atoms with Crippen molar-refractivity contribution in [3.05, 3.63) is 0 Å². The Labute approximate surface area is 75.6 Å². The standard InChI is InChI=1S/C9H19NS/c1-3-5-7-9(6-4-2)10-8-11/h8-9H,3-7H2,1-2H3,(H,10,11). The molecule has 0 aromatic heterocycles. The van der Waals surface area contributed by atoms with Gasteiger partial charge in [-0.25, -0.2) is 0 Å². The molecular weight excluding hydrogens is 154 g/mol. The summed E-state index contributed by atoms with van der Waals surface area (Å²) in [6, 6.07) is 0.623. The Hall–Kier alpha value is -0.110. The molecule has 66 valence electrons. The van der Waals surface area contributed by atoms with Crippen LogP contribution in [0.15, 0.2) is 0 Å². The first kappa shape index (κ1) is 10.9. The van der Waals surface area contributed by atoms with Crippen LogP contribution in [-0.2, 0) is 0 Å². The van der Waals surface area contributed by atoms with E-state index in [0.29, 0.717) is 6.04 Å². The molecule has 0 heterocycles. The Morgan fingerprint density at radius 3 is 2.45 bits per heavy atom. The molecule has 2 heteroatoms. The molecule has 1 unspecified atom stereocenters. The third-order valence-electron chi connectivity index (χ3n) is 1.85. The molecule has 0 radical (unpaired) electrons. The topological polar surface area (TPSA) is 12.0 Å². The summed E-state index contributed by atoms with van der Waals surface area (Å²) in [5.74, 6) is 0. The monoisotopic (exact) mass is 173 g/mol. The fourth-order valence-corrected chi connectivity index (χ4v) is 1.40. The first-order chi connectivity index (χ1) is 5.35. The summed E-state index contributed by atoms with van der Waals surface area (Å²) >= 11 is 4.76. The number of rotatable bonds is 7. The second-order valence-corrected chi connectivity index (χ2v) is 3.15. The predicted octanol–water partition coefficient (Wildman–Crippen LogP) is 2.89. The van der Waals surface area contributed by atoms with Crippen molar-refractivity contribution in [3.8, 4) is 0 Å². The Morgan fingerprint density at radius 2 is 2.00 bits per heavy atom. The number of hydrogen-bond acceptors (Lipinski definition) is 1. The van der Waals surface area contributed by atoms with E-state index in [2.05, 4.69) is 19.2 Å². The van der Waals surface area contributed by atoms with Gasteiger partial charge in [0.25, 0.3) is 0 Å². The van der Waals surface area contributed by atoms with Crippen molar-refractivity contribution >= 4 is 17.7 Å². The van der Waals surface area contributed by atoms with Gasteiger partial charge in [-0.1, -0.05) is 45.3 Å². The quantitative estimate of drug-likeness (QED) is 0.594. The second-order valence-electron chi connectivity index (χ2n) is 2.91. The molecule has 0 aliphatic carbocycles. The predicted molar refractivity (Wildman–Crippen MR) is 55.0 cm³/mol. The van der Waals surface area contributed by atoms with Crippen molar-refractivity contribution in [1.82, 2.24) is 5.32 Å². The molecule has 0 aliphatic heterocycles. The van der Waals surface area contributed by atoms with E-state index < -0.39 is 0 Å². The smallest absolute Gasteiger partial charge is 0.0617 e. The minimum absolute atomic E-state index is 0.623. The van der Waals surface area contributed by atoms with Crippen LogP contribution >= 0.6 is 12.2 Å². The van der Waals surface area contributed by atoms with Gasteiger partial charge in [-0.05, 0) is 12.8 Å². The molecule has 0 bridgehead atoms. The number of hydrogen-bond donors (Lipinski definition) is 1. The Bertz CT molecular complexity index is 93.6. The highest BCUT2D eigenvalue weighted by Gasteiger charge is 2.02. The second kappa shape index (κ2) is 7.99. The van der Waals surface area contributed by atoms with Gasteiger partial charge < -0.3 is 5.32 Å². The molecule has 0 aromatic carbocycles. The largest absolute Gasteiger partial charge is 0.379 e. The summed E-state index contributed by atoms with van der Waals surface area (Å²) < 4.78 is 0. The van der Waals surface area contributed by atoms with E-state index >= 15 is 0 Å². The van der Waals surface area contributed by atoms with E-state index in [1.807, 2.05) is 0 Å². The van der Waals surface area contributed by atoms with Gasteiger partial charge >= 0.3 is 0 Å². The van der Waals surface area contributed by atoms with Crippen molar-refractivity contribution in [3.63, 3.8) is 0 Å². The maximum absolute atomic E-state index is 4.76. The van der Waals surface area contributed by atoms with Crippen LogP contribution in [0.1, 0.15) is 46.0 Å². The van der Waals surface area contributed by atoms with Gasteiger partial charge in [0.2, 0.25) is 0 Å². The highest BCUT2D eigenvalue weighted by Crippen LogP contribution is 2.05. The SMILES string of the molecule is CCCCC(CCC)NC=S. The molecular formula is C9H19NS. The molecule has 0 aliphatic rings. The third-order valence-corrected chi connectivity index (χ3v) is 1.98. The van der Waals surface area contributed by atoms with Crippen LogP contribution in [0.3, 0.4) is 0 Å². The van der Waals surface area contributed by atoms with Gasteiger partial charge in [-0.3, -0.25) is 0 Å². The molecule has 0 saturated heterocycles. The highest BCUT2D eigenvalue weighted by molar-refractivity contribution is 7.78. The van der Waals surface area contributed by atoms with Crippen LogP contribution in [0.4, 0.5) is 0 Å². The van der Waals surface area contributed by atoms with Crippen molar-refractivity contribution < 1.29 is 0 Å². The van der Waals surface area contributed by atoms with E-state index in [-0.39, 0.29) is 0 Å². The van der Waals surface area contributed by atoms with Crippen molar-refractivity contribution in [2.24, 2.45) is 0 Å². The molecule has 0 rings (SSSR count). The lowest BCUT2D eigenvalue weighted by Gasteiger charge is -2.14. The van der Waals surface area contributed by atoms with Gasteiger partial charge in [-0.15, -0.1) is 0 Å². The van der Waals surface area contributed by atoms with Crippen molar-refractivity contribution in [2.45, 2.75) is 52.0 Å². The summed E-state index contributed by atoms with van der Waals surface area (Å²) in [4.78, 5) is 0. The zero-order valence-corrected chi connectivity index (χ0v) is 8.41. The van der Waals surface area contributed by atoms with Crippen LogP contribution < -0.4 is 5.32 Å². The molecule has 11 heavy (non-hydrogen) atoms. The molecule has 1 atom stereocenters. The highest BCUT2D eigenvalue weighted by atomic mass is 32.1. The van der Waals surface area contributed by atoms with E-state index in [9.17, 15) is 0 Å². The average molecular weight is 173 g/mol. The van der Waals surface area contributed by atoms with Gasteiger partial charge in [0.05, 0.1) is 5.49 Å². The first-order valence-corrected chi connectivity index (χ1v) is 5.02. The fourth-order valence-electron chi connectivity index (χ4n) is 1.21. The molecule has 0 spiro atoms. The Balaban J connectivity index is 3.41. The van der Waals surface area contributed by atoms with E-state index in [1.54, 1.807) is 5.49 Å². The van der Waals surface area contributed by atoms with E-state index in [1.165, 1.54) is 32.1 Å². The van der Waals surface area contributed by atoms with Gasteiger partial charge in [0.15, 0.2) is 0 Å². The van der Waals surface area contributed by atoms with Crippen LogP contribution in [-0.4, -0.2) is 11.5 Å². The molecule has 0 saturated carbocycles. The lowest BCUT2D eigenvalue weighted by molar-refractivity contribution is 0.500. The minimum Gasteiger partial charge on any atom is -0.379 e. The molecule has 0 amide bonds. The van der Waals surface area contributed by atoms with Crippen LogP contribution in [0, 0.1) is 0 Å². The lowest BCUT2D eigenvalue weighted by Crippen LogP contribution is -2.26. The Kier molecular flexibility index (Phi) is 7.91. The summed E-state index contributed by atoms with van der Waals surface area (Å²) in [6.45, 7) is 4.43. The summed E-state index contributed by atoms with van der Waals surface area (Å²) in [5, 5.41) is 3.21. The maximum Gasteiger partial charge on any atom is 0.0617 e. The average Bonchev–Trinajstić information content (AvgIpc) is 2.01. The lowest BCUT2D eigenvalue weighted by atomic mass is 10.1. The van der Waals surface area contributed by atoms with Crippen molar-refractivity contribution in [1.29, 1.82) is 0 Å². The van der Waals surface area contributed by atoms with Gasteiger partial charge in [0.1, 0.15) is 0 Å². The zero-order valence-electron chi connectivity index (χ0n) is 7.60. The number of nitrogens with one attached hydrogen (secondary N) is 1. The van der Waals surface area contributed by atoms with Crippen molar-refractivity contribution in [2.75, 3.05) is 0 Å². The van der Waals surface area contributed by atoms with Gasteiger partial charge in [-0.2, -0.15) is 0 Å². The summed E-state index contributed by atoms with van der Waals surface area (Å²) in [5.41, 5.74) is 1.65. The molecule has 1 N–H and O–H groups in total. The van der Waals surface area contributed by atoms with Crippen LogP contribution in [0.25, 0.3) is 0 Å². The third kappa shape index (κ3) is 6.29. The summed E-state index contributed by atoms with van der Waals surface area (Å²) in [6.07, 6.45) is 6.33. The number of unbranched alkanes of at least 4 members (excludes halogenated alkanes) is 1. The Morgan fingerprint density at radius 1 is 1.27 bits per heavy atom. The summed E-state index contributed by atoms with van der Waals surface area (Å²) in [7, 11) is 0. The maximum atomic E-state index is 4.76. The normalized spacial score (nSPS) is 12.5. The fraction of sp³-hybridized carbons (Fsp3) is 0.889. The minimum atomic E-state index is 0.623. The zero-order chi connectivity index (χ0) is 8.53. The number of thiocarbonyl (C=S) groups is 1.